The van der Waals surface area contributed by atoms with E-state index in [4.69, 9.17) is 15.4 Å². The number of hydrogen-bond donors (Lipinski definition) is 1. The van der Waals surface area contributed by atoms with Crippen molar-refractivity contribution in [2.75, 3.05) is 5.73 Å². The summed E-state index contributed by atoms with van der Waals surface area (Å²) in [5.41, 5.74) is 6.84. The minimum atomic E-state index is 0.230. The molecule has 3 nitrogen and oxygen atoms in total. The van der Waals surface area contributed by atoms with Crippen LogP contribution < -0.4 is 5.73 Å². The SMILES string of the molecule is CC(C)Cc1coc(N)c1C#N. The zero-order chi connectivity index (χ0) is 9.14. The highest BCUT2D eigenvalue weighted by atomic mass is 16.3. The summed E-state index contributed by atoms with van der Waals surface area (Å²) >= 11 is 0. The van der Waals surface area contributed by atoms with Crippen LogP contribution in [0.3, 0.4) is 0 Å². The van der Waals surface area contributed by atoms with Crippen molar-refractivity contribution >= 4 is 5.88 Å². The number of nitrogen functional groups attached to an aromatic ring is 1. The molecule has 0 aliphatic carbocycles. The average Bonchev–Trinajstić information content (AvgIpc) is 2.30. The van der Waals surface area contributed by atoms with E-state index in [1.165, 1.54) is 0 Å². The molecule has 1 heterocycles. The molecule has 0 aliphatic heterocycles. The highest BCUT2D eigenvalue weighted by Crippen LogP contribution is 2.20. The Morgan fingerprint density at radius 3 is 2.83 bits per heavy atom. The van der Waals surface area contributed by atoms with Crippen LogP contribution in [-0.4, -0.2) is 0 Å². The van der Waals surface area contributed by atoms with E-state index >= 15 is 0 Å². The van der Waals surface area contributed by atoms with Gasteiger partial charge >= 0.3 is 0 Å². The Morgan fingerprint density at radius 2 is 2.33 bits per heavy atom. The van der Waals surface area contributed by atoms with Crippen LogP contribution in [0.2, 0.25) is 0 Å². The van der Waals surface area contributed by atoms with Crippen molar-refractivity contribution in [2.24, 2.45) is 5.92 Å². The van der Waals surface area contributed by atoms with Gasteiger partial charge in [0.15, 0.2) is 0 Å². The number of nitrogens with zero attached hydrogens (tertiary/aromatic N) is 1. The lowest BCUT2D eigenvalue weighted by Gasteiger charge is -2.00. The summed E-state index contributed by atoms with van der Waals surface area (Å²) in [6, 6.07) is 2.03. The van der Waals surface area contributed by atoms with Crippen LogP contribution in [0.1, 0.15) is 25.0 Å². The smallest absolute Gasteiger partial charge is 0.208 e. The normalized spacial score (nSPS) is 10.2. The first-order chi connectivity index (χ1) is 5.65. The van der Waals surface area contributed by atoms with Gasteiger partial charge in [0.05, 0.1) is 6.26 Å². The molecule has 1 rings (SSSR count). The quantitative estimate of drug-likeness (QED) is 0.726. The number of furan rings is 1. The Hall–Kier alpha value is -1.43. The predicted molar refractivity (Wildman–Crippen MR) is 46.4 cm³/mol. The van der Waals surface area contributed by atoms with Gasteiger partial charge in [0.1, 0.15) is 11.6 Å². The maximum atomic E-state index is 8.71. The van der Waals surface area contributed by atoms with Gasteiger partial charge < -0.3 is 10.2 Å². The zero-order valence-corrected chi connectivity index (χ0v) is 7.29. The molecule has 0 saturated carbocycles. The monoisotopic (exact) mass is 164 g/mol. The number of nitrogens with two attached hydrogens (primary N) is 1. The van der Waals surface area contributed by atoms with E-state index in [2.05, 4.69) is 13.8 Å². The van der Waals surface area contributed by atoms with Crippen molar-refractivity contribution in [1.82, 2.24) is 0 Å². The molecular weight excluding hydrogens is 152 g/mol. The number of nitriles is 1. The van der Waals surface area contributed by atoms with Crippen molar-refractivity contribution in [2.45, 2.75) is 20.3 Å². The van der Waals surface area contributed by atoms with Gasteiger partial charge in [-0.3, -0.25) is 0 Å². The van der Waals surface area contributed by atoms with Crippen LogP contribution in [0, 0.1) is 17.2 Å². The molecule has 0 aromatic carbocycles. The van der Waals surface area contributed by atoms with Crippen molar-refractivity contribution in [1.29, 1.82) is 5.26 Å². The van der Waals surface area contributed by atoms with Crippen molar-refractivity contribution in [3.63, 3.8) is 0 Å². The first-order valence-corrected chi connectivity index (χ1v) is 3.91. The number of rotatable bonds is 2. The molecule has 12 heavy (non-hydrogen) atoms. The summed E-state index contributed by atoms with van der Waals surface area (Å²) in [4.78, 5) is 0. The molecule has 0 amide bonds. The molecule has 0 spiro atoms. The minimum Gasteiger partial charge on any atom is -0.447 e. The second kappa shape index (κ2) is 3.31. The summed E-state index contributed by atoms with van der Waals surface area (Å²) in [5, 5.41) is 8.71. The molecule has 0 unspecified atom stereocenters. The molecule has 0 saturated heterocycles. The van der Waals surface area contributed by atoms with E-state index in [0.717, 1.165) is 12.0 Å². The van der Waals surface area contributed by atoms with Crippen LogP contribution in [0.25, 0.3) is 0 Å². The molecule has 3 heteroatoms. The highest BCUT2D eigenvalue weighted by molar-refractivity contribution is 5.51. The summed E-state index contributed by atoms with van der Waals surface area (Å²) in [7, 11) is 0. The Balaban J connectivity index is 2.94. The van der Waals surface area contributed by atoms with Gasteiger partial charge in [0, 0.05) is 5.56 Å². The van der Waals surface area contributed by atoms with Crippen LogP contribution in [-0.2, 0) is 6.42 Å². The van der Waals surface area contributed by atoms with E-state index in [-0.39, 0.29) is 5.88 Å². The third kappa shape index (κ3) is 1.59. The molecule has 0 radical (unpaired) electrons. The van der Waals surface area contributed by atoms with Gasteiger partial charge in [-0.05, 0) is 12.3 Å². The Labute approximate surface area is 71.8 Å². The third-order valence-electron chi connectivity index (χ3n) is 1.64. The summed E-state index contributed by atoms with van der Waals surface area (Å²) in [5.74, 6) is 0.738. The van der Waals surface area contributed by atoms with Gasteiger partial charge in [-0.2, -0.15) is 5.26 Å². The van der Waals surface area contributed by atoms with Crippen molar-refractivity contribution in [3.05, 3.63) is 17.4 Å². The molecular formula is C9H12N2O. The number of anilines is 1. The molecule has 1 aromatic heterocycles. The molecule has 0 fully saturated rings. The van der Waals surface area contributed by atoms with Crippen molar-refractivity contribution in [3.8, 4) is 6.07 Å². The van der Waals surface area contributed by atoms with E-state index in [1.807, 2.05) is 6.07 Å². The lowest BCUT2D eigenvalue weighted by molar-refractivity contribution is 0.574. The molecule has 64 valence electrons. The van der Waals surface area contributed by atoms with Crippen LogP contribution in [0.5, 0.6) is 0 Å². The van der Waals surface area contributed by atoms with Crippen LogP contribution >= 0.6 is 0 Å². The fraction of sp³-hybridized carbons (Fsp3) is 0.444. The lowest BCUT2D eigenvalue weighted by Crippen LogP contribution is -1.95. The maximum Gasteiger partial charge on any atom is 0.208 e. The van der Waals surface area contributed by atoms with Crippen LogP contribution in [0.15, 0.2) is 10.7 Å². The predicted octanol–water partition coefficient (Wildman–Crippen LogP) is 1.93. The van der Waals surface area contributed by atoms with E-state index in [1.54, 1.807) is 6.26 Å². The first-order valence-electron chi connectivity index (χ1n) is 3.91. The Morgan fingerprint density at radius 1 is 1.67 bits per heavy atom. The summed E-state index contributed by atoms with van der Waals surface area (Å²) in [6.45, 7) is 4.18. The van der Waals surface area contributed by atoms with Crippen molar-refractivity contribution < 1.29 is 4.42 Å². The Kier molecular flexibility index (Phi) is 2.39. The first kappa shape index (κ1) is 8.66. The molecule has 0 bridgehead atoms. The second-order valence-corrected chi connectivity index (χ2v) is 3.21. The fourth-order valence-electron chi connectivity index (χ4n) is 1.13. The van der Waals surface area contributed by atoms with E-state index in [0.29, 0.717) is 11.5 Å². The fourth-order valence-corrected chi connectivity index (χ4v) is 1.13. The maximum absolute atomic E-state index is 8.71. The van der Waals surface area contributed by atoms with Gasteiger partial charge in [-0.1, -0.05) is 13.8 Å². The summed E-state index contributed by atoms with van der Waals surface area (Å²) in [6.07, 6.45) is 2.40. The molecule has 0 aliphatic rings. The van der Waals surface area contributed by atoms with Gasteiger partial charge in [0.25, 0.3) is 0 Å². The number of hydrogen-bond acceptors (Lipinski definition) is 3. The third-order valence-corrected chi connectivity index (χ3v) is 1.64. The van der Waals surface area contributed by atoms with E-state index in [9.17, 15) is 0 Å². The average molecular weight is 164 g/mol. The standard InChI is InChI=1S/C9H12N2O/c1-6(2)3-7-5-12-9(11)8(7)4-10/h5-6H,3,11H2,1-2H3. The van der Waals surface area contributed by atoms with Gasteiger partial charge in [-0.15, -0.1) is 0 Å². The molecule has 1 aromatic rings. The zero-order valence-electron chi connectivity index (χ0n) is 7.29. The van der Waals surface area contributed by atoms with Gasteiger partial charge in [0.2, 0.25) is 5.88 Å². The van der Waals surface area contributed by atoms with E-state index < -0.39 is 0 Å². The molecule has 2 N–H and O–H groups in total. The van der Waals surface area contributed by atoms with Crippen LogP contribution in [0.4, 0.5) is 5.88 Å². The topological polar surface area (TPSA) is 62.9 Å². The summed E-state index contributed by atoms with van der Waals surface area (Å²) < 4.78 is 4.94. The van der Waals surface area contributed by atoms with Gasteiger partial charge in [-0.25, -0.2) is 0 Å². The lowest BCUT2D eigenvalue weighted by atomic mass is 10.0. The largest absolute Gasteiger partial charge is 0.447 e. The minimum absolute atomic E-state index is 0.230. The highest BCUT2D eigenvalue weighted by Gasteiger charge is 2.11. The second-order valence-electron chi connectivity index (χ2n) is 3.21. The Bertz CT molecular complexity index is 307. The molecule has 0 atom stereocenters.